The van der Waals surface area contributed by atoms with Gasteiger partial charge in [0.2, 0.25) is 0 Å². The highest BCUT2D eigenvalue weighted by Gasteiger charge is 2.16. The van der Waals surface area contributed by atoms with Crippen LogP contribution in [0, 0.1) is 0 Å². The third kappa shape index (κ3) is 4.42. The van der Waals surface area contributed by atoms with E-state index in [1.54, 1.807) is 45.0 Å². The van der Waals surface area contributed by atoms with Crippen molar-refractivity contribution in [1.29, 1.82) is 0 Å². The highest BCUT2D eigenvalue weighted by atomic mass is 16.6. The van der Waals surface area contributed by atoms with E-state index in [0.717, 1.165) is 0 Å². The van der Waals surface area contributed by atoms with Crippen molar-refractivity contribution >= 4 is 17.7 Å². The molecule has 1 aromatic rings. The van der Waals surface area contributed by atoms with Crippen LogP contribution in [0.4, 0.5) is 10.5 Å². The van der Waals surface area contributed by atoms with Crippen molar-refractivity contribution in [3.05, 3.63) is 29.8 Å². The average molecular weight is 251 g/mol. The van der Waals surface area contributed by atoms with Crippen molar-refractivity contribution in [2.24, 2.45) is 5.84 Å². The van der Waals surface area contributed by atoms with Gasteiger partial charge in [-0.1, -0.05) is 0 Å². The second kappa shape index (κ2) is 5.50. The molecule has 0 aromatic heterocycles. The molecule has 4 N–H and O–H groups in total. The molecule has 0 saturated heterocycles. The molecule has 1 aromatic carbocycles. The van der Waals surface area contributed by atoms with Gasteiger partial charge in [0.25, 0.3) is 5.91 Å². The summed E-state index contributed by atoms with van der Waals surface area (Å²) in [6.45, 7) is 5.34. The van der Waals surface area contributed by atoms with E-state index in [1.807, 2.05) is 5.43 Å². The fourth-order valence-corrected chi connectivity index (χ4v) is 1.21. The van der Waals surface area contributed by atoms with Gasteiger partial charge in [-0.05, 0) is 45.0 Å². The summed E-state index contributed by atoms with van der Waals surface area (Å²) in [6, 6.07) is 6.28. The third-order valence-corrected chi connectivity index (χ3v) is 1.92. The molecule has 0 heterocycles. The zero-order valence-electron chi connectivity index (χ0n) is 10.6. The van der Waals surface area contributed by atoms with Gasteiger partial charge in [0.05, 0.1) is 0 Å². The number of nitrogens with one attached hydrogen (secondary N) is 2. The van der Waals surface area contributed by atoms with E-state index in [4.69, 9.17) is 10.6 Å². The highest BCUT2D eigenvalue weighted by Crippen LogP contribution is 2.12. The van der Waals surface area contributed by atoms with Gasteiger partial charge in [0.1, 0.15) is 5.60 Å². The van der Waals surface area contributed by atoms with Crippen LogP contribution in [0.5, 0.6) is 0 Å². The first-order valence-corrected chi connectivity index (χ1v) is 5.43. The number of anilines is 1. The quantitative estimate of drug-likeness (QED) is 0.423. The highest BCUT2D eigenvalue weighted by molar-refractivity contribution is 5.94. The van der Waals surface area contributed by atoms with E-state index in [9.17, 15) is 9.59 Å². The maximum absolute atomic E-state index is 11.5. The molecule has 0 aliphatic rings. The number of hydrogen-bond donors (Lipinski definition) is 3. The molecular weight excluding hydrogens is 234 g/mol. The minimum Gasteiger partial charge on any atom is -0.444 e. The molecule has 2 amide bonds. The Morgan fingerprint density at radius 3 is 2.17 bits per heavy atom. The molecule has 0 aliphatic carbocycles. The number of ether oxygens (including phenoxy) is 1. The maximum Gasteiger partial charge on any atom is 0.412 e. The van der Waals surface area contributed by atoms with E-state index in [1.165, 1.54) is 0 Å². The summed E-state index contributed by atoms with van der Waals surface area (Å²) in [6.07, 6.45) is -0.543. The average Bonchev–Trinajstić information content (AvgIpc) is 2.26. The fourth-order valence-electron chi connectivity index (χ4n) is 1.21. The first kappa shape index (κ1) is 14.0. The molecule has 0 spiro atoms. The van der Waals surface area contributed by atoms with Gasteiger partial charge in [-0.2, -0.15) is 0 Å². The van der Waals surface area contributed by atoms with Crippen molar-refractivity contribution in [3.8, 4) is 0 Å². The number of amides is 2. The largest absolute Gasteiger partial charge is 0.444 e. The Morgan fingerprint density at radius 1 is 1.17 bits per heavy atom. The molecule has 0 saturated carbocycles. The lowest BCUT2D eigenvalue weighted by atomic mass is 10.2. The number of hydrogen-bond acceptors (Lipinski definition) is 4. The summed E-state index contributed by atoms with van der Waals surface area (Å²) in [7, 11) is 0. The summed E-state index contributed by atoms with van der Waals surface area (Å²) in [5.41, 5.74) is 2.42. The minimum absolute atomic E-state index is 0.390. The number of nitrogen functional groups attached to an aromatic ring is 1. The van der Waals surface area contributed by atoms with Crippen LogP contribution in [-0.4, -0.2) is 17.6 Å². The SMILES string of the molecule is CC(C)(C)OC(=O)Nc1ccc(C(=O)NN)cc1. The maximum atomic E-state index is 11.5. The zero-order chi connectivity index (χ0) is 13.8. The number of hydrazine groups is 1. The van der Waals surface area contributed by atoms with Gasteiger partial charge in [-0.15, -0.1) is 0 Å². The van der Waals surface area contributed by atoms with Gasteiger partial charge < -0.3 is 4.74 Å². The molecule has 18 heavy (non-hydrogen) atoms. The minimum atomic E-state index is -0.552. The van der Waals surface area contributed by atoms with Crippen molar-refractivity contribution in [2.75, 3.05) is 5.32 Å². The summed E-state index contributed by atoms with van der Waals surface area (Å²) in [5.74, 6) is 4.61. The second-order valence-electron chi connectivity index (χ2n) is 4.68. The summed E-state index contributed by atoms with van der Waals surface area (Å²) < 4.78 is 5.09. The molecule has 0 unspecified atom stereocenters. The Labute approximate surface area is 105 Å². The lowest BCUT2D eigenvalue weighted by Crippen LogP contribution is -2.30. The van der Waals surface area contributed by atoms with Crippen LogP contribution in [0.2, 0.25) is 0 Å². The number of carbonyl (C=O) groups is 2. The van der Waals surface area contributed by atoms with Gasteiger partial charge in [0.15, 0.2) is 0 Å². The monoisotopic (exact) mass is 251 g/mol. The Hall–Kier alpha value is -2.08. The molecule has 0 radical (unpaired) electrons. The van der Waals surface area contributed by atoms with E-state index in [-0.39, 0.29) is 5.91 Å². The standard InChI is InChI=1S/C12H17N3O3/c1-12(2,3)18-11(17)14-9-6-4-8(5-7-9)10(16)15-13/h4-7H,13H2,1-3H3,(H,14,17)(H,15,16). The molecule has 0 fully saturated rings. The van der Waals surface area contributed by atoms with Crippen molar-refractivity contribution < 1.29 is 14.3 Å². The van der Waals surface area contributed by atoms with Crippen LogP contribution in [0.25, 0.3) is 0 Å². The molecule has 0 aliphatic heterocycles. The number of benzene rings is 1. The Balaban J connectivity index is 2.64. The predicted octanol–water partition coefficient (Wildman–Crippen LogP) is 1.64. The van der Waals surface area contributed by atoms with Crippen molar-refractivity contribution in [1.82, 2.24) is 5.43 Å². The number of rotatable bonds is 2. The van der Waals surface area contributed by atoms with Crippen LogP contribution in [0.3, 0.4) is 0 Å². The molecule has 0 bridgehead atoms. The number of carbonyl (C=O) groups excluding carboxylic acids is 2. The van der Waals surface area contributed by atoms with Gasteiger partial charge in [0, 0.05) is 11.3 Å². The van der Waals surface area contributed by atoms with Crippen molar-refractivity contribution in [3.63, 3.8) is 0 Å². The van der Waals surface area contributed by atoms with Crippen molar-refractivity contribution in [2.45, 2.75) is 26.4 Å². The molecule has 98 valence electrons. The van der Waals surface area contributed by atoms with Crippen LogP contribution >= 0.6 is 0 Å². The molecule has 6 nitrogen and oxygen atoms in total. The van der Waals surface area contributed by atoms with Crippen LogP contribution in [0.15, 0.2) is 24.3 Å². The Kier molecular flexibility index (Phi) is 4.28. The first-order valence-electron chi connectivity index (χ1n) is 5.43. The van der Waals surface area contributed by atoms with Gasteiger partial charge in [-0.3, -0.25) is 15.5 Å². The third-order valence-electron chi connectivity index (χ3n) is 1.92. The van der Waals surface area contributed by atoms with E-state index < -0.39 is 11.7 Å². The van der Waals surface area contributed by atoms with Crippen LogP contribution in [0.1, 0.15) is 31.1 Å². The topological polar surface area (TPSA) is 93.4 Å². The molecule has 6 heteroatoms. The smallest absolute Gasteiger partial charge is 0.412 e. The van der Waals surface area contributed by atoms with E-state index >= 15 is 0 Å². The summed E-state index contributed by atoms with van der Waals surface area (Å²) >= 11 is 0. The second-order valence-corrected chi connectivity index (χ2v) is 4.68. The Morgan fingerprint density at radius 2 is 1.72 bits per heavy atom. The lowest BCUT2D eigenvalue weighted by molar-refractivity contribution is 0.0636. The normalized spacial score (nSPS) is 10.7. The van der Waals surface area contributed by atoms with Crippen LogP contribution < -0.4 is 16.6 Å². The van der Waals surface area contributed by atoms with E-state index in [0.29, 0.717) is 11.3 Å². The lowest BCUT2D eigenvalue weighted by Gasteiger charge is -2.19. The molecule has 0 atom stereocenters. The molecule has 1 rings (SSSR count). The zero-order valence-corrected chi connectivity index (χ0v) is 10.6. The van der Waals surface area contributed by atoms with E-state index in [2.05, 4.69) is 5.32 Å². The number of nitrogens with two attached hydrogens (primary N) is 1. The predicted molar refractivity (Wildman–Crippen MR) is 68.0 cm³/mol. The van der Waals surface area contributed by atoms with Crippen LogP contribution in [-0.2, 0) is 4.74 Å². The van der Waals surface area contributed by atoms with Gasteiger partial charge >= 0.3 is 6.09 Å². The Bertz CT molecular complexity index is 435. The first-order chi connectivity index (χ1) is 8.31. The summed E-state index contributed by atoms with van der Waals surface area (Å²) in [5, 5.41) is 2.56. The van der Waals surface area contributed by atoms with Gasteiger partial charge in [-0.25, -0.2) is 10.6 Å². The fraction of sp³-hybridized carbons (Fsp3) is 0.333. The molecular formula is C12H17N3O3. The summed E-state index contributed by atoms with van der Waals surface area (Å²) in [4.78, 5) is 22.7.